The maximum Gasteiger partial charge on any atom is 0.303 e. The molecule has 0 unspecified atom stereocenters. The summed E-state index contributed by atoms with van der Waals surface area (Å²) in [4.78, 5) is 15.4. The fourth-order valence-electron chi connectivity index (χ4n) is 9.14. The molecule has 4 aliphatic carbocycles. The lowest BCUT2D eigenvalue weighted by molar-refractivity contribution is -0.221. The lowest BCUT2D eigenvalue weighted by Crippen LogP contribution is -2.77. The number of nitrogens with zero attached hydrogens (tertiary/aromatic N) is 2. The van der Waals surface area contributed by atoms with E-state index in [-0.39, 0.29) is 29.9 Å². The fourth-order valence-corrected chi connectivity index (χ4v) is 9.14. The Balaban J connectivity index is 1.32. The Morgan fingerprint density at radius 3 is 2.76 bits per heavy atom. The van der Waals surface area contributed by atoms with Crippen molar-refractivity contribution in [3.05, 3.63) is 40.6 Å². The van der Waals surface area contributed by atoms with Crippen LogP contribution in [-0.4, -0.2) is 56.5 Å². The Labute approximate surface area is 217 Å². The van der Waals surface area contributed by atoms with E-state index >= 15 is 0 Å². The van der Waals surface area contributed by atoms with E-state index in [4.69, 9.17) is 9.47 Å². The number of hydrogen-bond acceptors (Lipinski definition) is 6. The monoisotopic (exact) mass is 504 g/mol. The van der Waals surface area contributed by atoms with Gasteiger partial charge in [0.1, 0.15) is 11.7 Å². The summed E-state index contributed by atoms with van der Waals surface area (Å²) in [6.07, 6.45) is 11.7. The highest BCUT2D eigenvalue weighted by atomic mass is 16.6. The number of benzene rings is 1. The van der Waals surface area contributed by atoms with Crippen molar-refractivity contribution >= 4 is 5.97 Å². The van der Waals surface area contributed by atoms with E-state index in [1.807, 2.05) is 0 Å². The summed E-state index contributed by atoms with van der Waals surface area (Å²) in [5.41, 5.74) is 3.34. The van der Waals surface area contributed by atoms with E-state index in [2.05, 4.69) is 21.7 Å². The largest absolute Gasteiger partial charge is 0.504 e. The first-order valence-electron chi connectivity index (χ1n) is 14.3. The Bertz CT molecular complexity index is 1310. The zero-order valence-corrected chi connectivity index (χ0v) is 21.5. The fraction of sp³-hybridized carbons (Fsp3) is 0.633. The van der Waals surface area contributed by atoms with Crippen LogP contribution in [0.15, 0.2) is 18.3 Å². The molecule has 6 aliphatic rings. The average molecular weight is 505 g/mol. The molecular weight excluding hydrogens is 468 g/mol. The van der Waals surface area contributed by atoms with Crippen molar-refractivity contribution < 1.29 is 24.5 Å². The molecule has 1 aromatic heterocycles. The van der Waals surface area contributed by atoms with Crippen molar-refractivity contribution in [2.75, 3.05) is 13.1 Å². The molecule has 2 aliphatic heterocycles. The third-order valence-corrected chi connectivity index (χ3v) is 10.7. The van der Waals surface area contributed by atoms with Gasteiger partial charge >= 0.3 is 5.97 Å². The highest BCUT2D eigenvalue weighted by Crippen LogP contribution is 2.68. The SMILES string of the molecule is CC(=O)O[C@@]12CC[C@@H](n3cc4c(c3O)CCCC4)[C@@H]3Oc4c(O)ccc5c4[C@@]31CCN(CC1CC1)[C@@H]2C5. The van der Waals surface area contributed by atoms with E-state index in [9.17, 15) is 15.0 Å². The average Bonchev–Trinajstić information content (AvgIpc) is 3.54. The van der Waals surface area contributed by atoms with Gasteiger partial charge in [-0.2, -0.15) is 0 Å². The van der Waals surface area contributed by atoms with Crippen LogP contribution >= 0.6 is 0 Å². The molecule has 8 rings (SSSR count). The number of ether oxygens (including phenoxy) is 2. The number of aromatic hydroxyl groups is 2. The lowest BCUT2D eigenvalue weighted by atomic mass is 9.48. The van der Waals surface area contributed by atoms with Crippen LogP contribution in [0.25, 0.3) is 0 Å². The van der Waals surface area contributed by atoms with Gasteiger partial charge in [0.15, 0.2) is 17.4 Å². The number of hydrogen-bond donors (Lipinski definition) is 2. The molecule has 3 heterocycles. The first-order valence-corrected chi connectivity index (χ1v) is 14.3. The molecule has 2 bridgehead atoms. The van der Waals surface area contributed by atoms with Gasteiger partial charge in [-0.25, -0.2) is 0 Å². The number of carbonyl (C=O) groups excluding carboxylic acids is 1. The van der Waals surface area contributed by atoms with Crippen LogP contribution in [0, 0.1) is 5.92 Å². The highest BCUT2D eigenvalue weighted by molar-refractivity contribution is 5.69. The summed E-state index contributed by atoms with van der Waals surface area (Å²) in [6, 6.07) is 3.82. The minimum absolute atomic E-state index is 0.0901. The van der Waals surface area contributed by atoms with Gasteiger partial charge in [0, 0.05) is 30.8 Å². The smallest absolute Gasteiger partial charge is 0.303 e. The van der Waals surface area contributed by atoms with Gasteiger partial charge < -0.3 is 24.3 Å². The summed E-state index contributed by atoms with van der Waals surface area (Å²) in [7, 11) is 0. The number of carbonyl (C=O) groups is 1. The molecule has 3 fully saturated rings. The zero-order valence-electron chi connectivity index (χ0n) is 21.5. The minimum Gasteiger partial charge on any atom is -0.504 e. The molecule has 7 nitrogen and oxygen atoms in total. The van der Waals surface area contributed by atoms with Crippen LogP contribution in [0.1, 0.15) is 80.2 Å². The molecule has 2 aromatic rings. The summed E-state index contributed by atoms with van der Waals surface area (Å²) in [5, 5.41) is 22.4. The molecule has 0 amide bonds. The molecule has 2 N–H and O–H groups in total. The number of fused-ring (bicyclic) bond motifs is 1. The normalized spacial score (nSPS) is 35.4. The molecule has 1 aromatic carbocycles. The molecule has 7 heteroatoms. The predicted octanol–water partition coefficient (Wildman–Crippen LogP) is 4.15. The van der Waals surface area contributed by atoms with Crippen molar-refractivity contribution in [2.45, 2.75) is 100 Å². The van der Waals surface area contributed by atoms with Crippen LogP contribution in [0.2, 0.25) is 0 Å². The third kappa shape index (κ3) is 2.79. The van der Waals surface area contributed by atoms with E-state index < -0.39 is 11.0 Å². The highest BCUT2D eigenvalue weighted by Gasteiger charge is 2.75. The van der Waals surface area contributed by atoms with E-state index in [0.717, 1.165) is 81.5 Å². The molecular formula is C30H36N2O5. The third-order valence-electron chi connectivity index (χ3n) is 10.7. The van der Waals surface area contributed by atoms with Crippen molar-refractivity contribution in [3.63, 3.8) is 0 Å². The van der Waals surface area contributed by atoms with Crippen molar-refractivity contribution in [1.82, 2.24) is 9.47 Å². The number of piperidine rings is 1. The Morgan fingerprint density at radius 1 is 1.14 bits per heavy atom. The lowest BCUT2D eigenvalue weighted by Gasteiger charge is -2.65. The number of phenols is 1. The molecule has 1 saturated heterocycles. The van der Waals surface area contributed by atoms with Crippen molar-refractivity contribution in [3.8, 4) is 17.4 Å². The van der Waals surface area contributed by atoms with Gasteiger partial charge in [-0.15, -0.1) is 0 Å². The number of likely N-dealkylation sites (tertiary alicyclic amines) is 1. The predicted molar refractivity (Wildman–Crippen MR) is 136 cm³/mol. The summed E-state index contributed by atoms with van der Waals surface area (Å²) >= 11 is 0. The molecule has 37 heavy (non-hydrogen) atoms. The molecule has 1 spiro atoms. The van der Waals surface area contributed by atoms with Gasteiger partial charge in [0.2, 0.25) is 0 Å². The van der Waals surface area contributed by atoms with Crippen molar-refractivity contribution in [1.29, 1.82) is 0 Å². The van der Waals surface area contributed by atoms with Crippen molar-refractivity contribution in [2.24, 2.45) is 5.92 Å². The summed E-state index contributed by atoms with van der Waals surface area (Å²) in [6.45, 7) is 3.53. The van der Waals surface area contributed by atoms with Crippen LogP contribution in [0.4, 0.5) is 0 Å². The number of rotatable bonds is 4. The van der Waals surface area contributed by atoms with Gasteiger partial charge in [0.05, 0.1) is 17.5 Å². The topological polar surface area (TPSA) is 84.2 Å². The van der Waals surface area contributed by atoms with E-state index in [1.165, 1.54) is 30.9 Å². The molecule has 196 valence electrons. The number of aromatic nitrogens is 1. The quantitative estimate of drug-likeness (QED) is 0.609. The first kappa shape index (κ1) is 22.3. The summed E-state index contributed by atoms with van der Waals surface area (Å²) in [5.74, 6) is 1.60. The van der Waals surface area contributed by atoms with Gasteiger partial charge in [-0.3, -0.25) is 9.69 Å². The zero-order chi connectivity index (χ0) is 25.1. The van der Waals surface area contributed by atoms with E-state index in [0.29, 0.717) is 11.6 Å². The number of aryl methyl sites for hydroxylation is 1. The van der Waals surface area contributed by atoms with Crippen LogP contribution in [0.3, 0.4) is 0 Å². The Morgan fingerprint density at radius 2 is 1.97 bits per heavy atom. The second-order valence-corrected chi connectivity index (χ2v) is 12.5. The van der Waals surface area contributed by atoms with Gasteiger partial charge in [0.25, 0.3) is 0 Å². The second kappa shape index (κ2) is 7.46. The molecule has 0 radical (unpaired) electrons. The van der Waals surface area contributed by atoms with Crippen LogP contribution in [0.5, 0.6) is 17.4 Å². The molecule has 2 saturated carbocycles. The van der Waals surface area contributed by atoms with Crippen LogP contribution in [-0.2, 0) is 34.2 Å². The standard InChI is InChI=1S/C30H36N2O5/c1-17(33)37-30-11-10-22(32-16-20-4-2-3-5-21(20)28(32)35)27-29(30)12-13-31(15-18-6-7-18)24(30)14-19-8-9-23(34)26(36-27)25(19)29/h8-9,16,18,22,24,27,34-35H,2-7,10-15H2,1H3/t22-,24-,27+,29+,30-/m1/s1. The van der Waals surface area contributed by atoms with Gasteiger partial charge in [-0.05, 0) is 93.9 Å². The Hall–Kier alpha value is -2.67. The Kier molecular flexibility index (Phi) is 4.50. The minimum atomic E-state index is -0.707. The number of phenolic OH excluding ortho intramolecular Hbond substituents is 1. The van der Waals surface area contributed by atoms with Crippen LogP contribution < -0.4 is 4.74 Å². The first-order chi connectivity index (χ1) is 17.9. The van der Waals surface area contributed by atoms with E-state index in [1.54, 1.807) is 6.07 Å². The maximum absolute atomic E-state index is 12.8. The van der Waals surface area contributed by atoms with Gasteiger partial charge in [-0.1, -0.05) is 6.07 Å². The second-order valence-electron chi connectivity index (χ2n) is 12.5. The maximum atomic E-state index is 12.8. The molecule has 5 atom stereocenters. The number of esters is 1. The summed E-state index contributed by atoms with van der Waals surface area (Å²) < 4.78 is 15.4.